The van der Waals surface area contributed by atoms with E-state index in [9.17, 15) is 0 Å². The van der Waals surface area contributed by atoms with Crippen LogP contribution in [0, 0.1) is 17.8 Å². The second kappa shape index (κ2) is 7.91. The molecule has 0 fully saturated rings. The van der Waals surface area contributed by atoms with E-state index in [1.165, 1.54) is 17.5 Å². The van der Waals surface area contributed by atoms with Gasteiger partial charge < -0.3 is 0 Å². The van der Waals surface area contributed by atoms with Crippen LogP contribution in [0.1, 0.15) is 62.7 Å². The van der Waals surface area contributed by atoms with Crippen LogP contribution in [0.5, 0.6) is 0 Å². The van der Waals surface area contributed by atoms with Crippen molar-refractivity contribution in [1.29, 1.82) is 0 Å². The third kappa shape index (κ3) is 3.35. The first-order chi connectivity index (χ1) is 13.4. The third-order valence-corrected chi connectivity index (χ3v) is 10.5. The summed E-state index contributed by atoms with van der Waals surface area (Å²) in [6, 6.07) is 18.3. The maximum absolute atomic E-state index is 2.41. The molecule has 2 aliphatic rings. The van der Waals surface area contributed by atoms with Crippen molar-refractivity contribution in [1.82, 2.24) is 0 Å². The van der Waals surface area contributed by atoms with Crippen LogP contribution in [0.15, 0.2) is 68.5 Å². The van der Waals surface area contributed by atoms with Crippen molar-refractivity contribution in [2.75, 3.05) is 0 Å². The summed E-state index contributed by atoms with van der Waals surface area (Å²) >= 11 is -0.790. The zero-order chi connectivity index (χ0) is 20.0. The molecule has 0 radical (unpaired) electrons. The Morgan fingerprint density at radius 3 is 1.64 bits per heavy atom. The molecular formula is C27H32Zr. The average Bonchev–Trinajstić information content (AvgIpc) is 3.20. The Morgan fingerprint density at radius 1 is 0.679 bits per heavy atom. The van der Waals surface area contributed by atoms with Gasteiger partial charge in [0.2, 0.25) is 0 Å². The van der Waals surface area contributed by atoms with Crippen LogP contribution in [-0.2, 0) is 23.2 Å². The first kappa shape index (κ1) is 20.1. The monoisotopic (exact) mass is 446 g/mol. The number of allylic oxidation sites excluding steroid dienone is 4. The summed E-state index contributed by atoms with van der Waals surface area (Å²) in [5.41, 5.74) is 11.3. The van der Waals surface area contributed by atoms with E-state index >= 15 is 0 Å². The molecular weight excluding hydrogens is 416 g/mol. The van der Waals surface area contributed by atoms with Gasteiger partial charge in [-0.05, 0) is 0 Å². The predicted octanol–water partition coefficient (Wildman–Crippen LogP) is 7.76. The Balaban J connectivity index is 1.79. The van der Waals surface area contributed by atoms with Gasteiger partial charge in [-0.3, -0.25) is 0 Å². The zero-order valence-corrected chi connectivity index (χ0v) is 20.6. The summed E-state index contributed by atoms with van der Waals surface area (Å²) < 4.78 is 2.53. The summed E-state index contributed by atoms with van der Waals surface area (Å²) in [4.78, 5) is 0. The van der Waals surface area contributed by atoms with Crippen LogP contribution in [0.3, 0.4) is 0 Å². The van der Waals surface area contributed by atoms with Gasteiger partial charge in [0.25, 0.3) is 0 Å². The molecule has 0 bridgehead atoms. The number of hydrogen-bond acceptors (Lipinski definition) is 0. The molecule has 28 heavy (non-hydrogen) atoms. The van der Waals surface area contributed by atoms with Gasteiger partial charge in [-0.15, -0.1) is 0 Å². The first-order valence-electron chi connectivity index (χ1n) is 10.8. The van der Waals surface area contributed by atoms with E-state index in [4.69, 9.17) is 0 Å². The Kier molecular flexibility index (Phi) is 5.67. The van der Waals surface area contributed by atoms with Crippen LogP contribution >= 0.6 is 0 Å². The van der Waals surface area contributed by atoms with Gasteiger partial charge in [0.1, 0.15) is 0 Å². The molecule has 0 unspecified atom stereocenters. The molecule has 2 aromatic carbocycles. The number of hydrogen-bond donors (Lipinski definition) is 0. The second-order valence-corrected chi connectivity index (χ2v) is 12.8. The molecule has 2 aliphatic carbocycles. The van der Waals surface area contributed by atoms with E-state index in [1.54, 1.807) is 27.8 Å². The molecule has 4 rings (SSSR count). The van der Waals surface area contributed by atoms with Crippen LogP contribution in [0.25, 0.3) is 11.1 Å². The number of fused-ring (bicyclic) bond motifs is 3. The van der Waals surface area contributed by atoms with Gasteiger partial charge in [-0.2, -0.15) is 0 Å². The minimum atomic E-state index is -0.790. The SMILES string of the molecule is CC(C)C1=C(C(C)C)C(C(C)C)=[C]([Zr][CH]2c3ccccc3-c3ccccc32)C1. The topological polar surface area (TPSA) is 0 Å². The molecule has 0 saturated carbocycles. The first-order valence-corrected chi connectivity index (χ1v) is 13.5. The van der Waals surface area contributed by atoms with E-state index in [0.717, 1.165) is 0 Å². The van der Waals surface area contributed by atoms with Gasteiger partial charge in [0.05, 0.1) is 0 Å². The van der Waals surface area contributed by atoms with Crippen molar-refractivity contribution in [3.05, 3.63) is 79.7 Å². The fourth-order valence-corrected chi connectivity index (χ4v) is 10.2. The Bertz CT molecular complexity index is 910. The van der Waals surface area contributed by atoms with Crippen molar-refractivity contribution in [2.24, 2.45) is 17.8 Å². The summed E-state index contributed by atoms with van der Waals surface area (Å²) in [7, 11) is 0. The van der Waals surface area contributed by atoms with Gasteiger partial charge >= 0.3 is 183 Å². The average molecular weight is 448 g/mol. The van der Waals surface area contributed by atoms with Crippen LogP contribution in [0.2, 0.25) is 0 Å². The molecule has 0 amide bonds. The molecule has 0 heterocycles. The van der Waals surface area contributed by atoms with Crippen molar-refractivity contribution in [2.45, 2.75) is 51.6 Å². The molecule has 0 nitrogen and oxygen atoms in total. The normalized spacial score (nSPS) is 16.6. The van der Waals surface area contributed by atoms with Gasteiger partial charge in [0, 0.05) is 0 Å². The zero-order valence-electron chi connectivity index (χ0n) is 18.1. The summed E-state index contributed by atoms with van der Waals surface area (Å²) in [6.07, 6.45) is 1.26. The Morgan fingerprint density at radius 2 is 1.18 bits per heavy atom. The quantitative estimate of drug-likeness (QED) is 0.439. The van der Waals surface area contributed by atoms with Crippen molar-refractivity contribution >= 4 is 0 Å². The molecule has 2 aromatic rings. The molecule has 0 spiro atoms. The van der Waals surface area contributed by atoms with Crippen molar-refractivity contribution in [3.63, 3.8) is 0 Å². The van der Waals surface area contributed by atoms with E-state index in [2.05, 4.69) is 90.1 Å². The summed E-state index contributed by atoms with van der Waals surface area (Å²) in [5, 5.41) is 0. The Labute approximate surface area is 182 Å². The maximum atomic E-state index is 2.41. The molecule has 0 N–H and O–H groups in total. The van der Waals surface area contributed by atoms with Crippen molar-refractivity contribution in [3.8, 4) is 11.1 Å². The van der Waals surface area contributed by atoms with E-state index in [-0.39, 0.29) is 0 Å². The number of benzene rings is 2. The van der Waals surface area contributed by atoms with Gasteiger partial charge in [0.15, 0.2) is 0 Å². The third-order valence-electron chi connectivity index (χ3n) is 6.33. The predicted molar refractivity (Wildman–Crippen MR) is 117 cm³/mol. The summed E-state index contributed by atoms with van der Waals surface area (Å²) in [5.74, 6) is 1.93. The second-order valence-electron chi connectivity index (χ2n) is 9.22. The molecule has 0 aromatic heterocycles. The minimum absolute atomic E-state index is 0.634. The molecule has 1 heteroatoms. The van der Waals surface area contributed by atoms with E-state index in [1.807, 2.05) is 3.28 Å². The molecule has 144 valence electrons. The fraction of sp³-hybridized carbons (Fsp3) is 0.407. The molecule has 0 saturated heterocycles. The van der Waals surface area contributed by atoms with E-state index < -0.39 is 23.2 Å². The standard InChI is InChI=1S/C14H23.C13H9.Zr/c1-9(2)12-7-8-13(10(3)4)14(12)11(5)6;1-3-7-12-10(5-1)9-11-6-2-4-8-13(11)12;/h9-11H,7H2,1-6H3;1-9H;. The van der Waals surface area contributed by atoms with E-state index in [0.29, 0.717) is 21.4 Å². The van der Waals surface area contributed by atoms with Crippen LogP contribution < -0.4 is 0 Å². The Hall–Kier alpha value is -1.20. The molecule has 0 atom stereocenters. The van der Waals surface area contributed by atoms with Gasteiger partial charge in [-0.25, -0.2) is 0 Å². The molecule has 0 aliphatic heterocycles. The number of rotatable bonds is 5. The van der Waals surface area contributed by atoms with Crippen molar-refractivity contribution < 1.29 is 23.2 Å². The van der Waals surface area contributed by atoms with Crippen LogP contribution in [0.4, 0.5) is 0 Å². The van der Waals surface area contributed by atoms with Crippen LogP contribution in [-0.4, -0.2) is 0 Å². The fourth-order valence-electron chi connectivity index (χ4n) is 5.19. The summed E-state index contributed by atoms with van der Waals surface area (Å²) in [6.45, 7) is 14.4. The van der Waals surface area contributed by atoms with Gasteiger partial charge in [-0.1, -0.05) is 0 Å².